The van der Waals surface area contributed by atoms with Gasteiger partial charge < -0.3 is 15.8 Å². The topological polar surface area (TPSA) is 64.4 Å². The van der Waals surface area contributed by atoms with Gasteiger partial charge in [0.2, 0.25) is 5.91 Å². The lowest BCUT2D eigenvalue weighted by Crippen LogP contribution is -2.48. The van der Waals surface area contributed by atoms with E-state index in [1.165, 1.54) is 6.42 Å². The van der Waals surface area contributed by atoms with E-state index < -0.39 is 0 Å². The number of carbonyl (C=O) groups is 1. The molecule has 0 aromatic heterocycles. The lowest BCUT2D eigenvalue weighted by molar-refractivity contribution is -0.124. The average molecular weight is 240 g/mol. The number of hydrogen-bond acceptors (Lipinski definition) is 3. The molecule has 1 heterocycles. The van der Waals surface area contributed by atoms with Crippen molar-refractivity contribution in [2.45, 2.75) is 62.9 Å². The smallest absolute Gasteiger partial charge is 0.222 e. The molecule has 2 fully saturated rings. The summed E-state index contributed by atoms with van der Waals surface area (Å²) in [6.07, 6.45) is 8.11. The van der Waals surface area contributed by atoms with Crippen LogP contribution in [0.3, 0.4) is 0 Å². The van der Waals surface area contributed by atoms with Crippen LogP contribution in [0.2, 0.25) is 0 Å². The Kier molecular flexibility index (Phi) is 4.40. The maximum atomic E-state index is 11.9. The Labute approximate surface area is 103 Å². The van der Waals surface area contributed by atoms with Crippen LogP contribution < -0.4 is 11.1 Å². The molecule has 1 saturated carbocycles. The molecule has 4 heteroatoms. The molecule has 1 aliphatic heterocycles. The average Bonchev–Trinajstić information content (AvgIpc) is 2.30. The summed E-state index contributed by atoms with van der Waals surface area (Å²) in [5, 5.41) is 3.05. The first kappa shape index (κ1) is 12.8. The SMILES string of the molecule is NC1(CC(=O)NC2CCCOC2)CCCCC1. The summed E-state index contributed by atoms with van der Waals surface area (Å²) in [5.41, 5.74) is 6.02. The van der Waals surface area contributed by atoms with Crippen molar-refractivity contribution in [1.82, 2.24) is 5.32 Å². The second-order valence-corrected chi connectivity index (χ2v) is 5.58. The van der Waals surface area contributed by atoms with E-state index in [2.05, 4.69) is 5.32 Å². The van der Waals surface area contributed by atoms with Crippen LogP contribution in [-0.4, -0.2) is 30.7 Å². The number of nitrogens with two attached hydrogens (primary N) is 1. The van der Waals surface area contributed by atoms with Gasteiger partial charge in [0.15, 0.2) is 0 Å². The fraction of sp³-hybridized carbons (Fsp3) is 0.923. The summed E-state index contributed by atoms with van der Waals surface area (Å²) in [6.45, 7) is 1.48. The summed E-state index contributed by atoms with van der Waals surface area (Å²) >= 11 is 0. The van der Waals surface area contributed by atoms with E-state index in [1.807, 2.05) is 0 Å². The third-order valence-corrected chi connectivity index (χ3v) is 3.89. The van der Waals surface area contributed by atoms with Crippen molar-refractivity contribution >= 4 is 5.91 Å². The largest absolute Gasteiger partial charge is 0.379 e. The molecule has 0 aromatic rings. The van der Waals surface area contributed by atoms with Gasteiger partial charge in [0.05, 0.1) is 12.6 Å². The summed E-state index contributed by atoms with van der Waals surface area (Å²) < 4.78 is 5.35. The van der Waals surface area contributed by atoms with Crippen molar-refractivity contribution in [3.8, 4) is 0 Å². The third kappa shape index (κ3) is 3.96. The molecule has 0 aromatic carbocycles. The molecule has 1 atom stereocenters. The Morgan fingerprint density at radius 2 is 2.06 bits per heavy atom. The highest BCUT2D eigenvalue weighted by atomic mass is 16.5. The van der Waals surface area contributed by atoms with Crippen molar-refractivity contribution in [3.63, 3.8) is 0 Å². The van der Waals surface area contributed by atoms with Crippen LogP contribution >= 0.6 is 0 Å². The molecule has 1 amide bonds. The predicted molar refractivity (Wildman–Crippen MR) is 66.6 cm³/mol. The minimum absolute atomic E-state index is 0.102. The highest BCUT2D eigenvalue weighted by molar-refractivity contribution is 5.77. The standard InChI is InChI=1S/C13H24N2O2/c14-13(6-2-1-3-7-13)9-12(16)15-11-5-4-8-17-10-11/h11H,1-10,14H2,(H,15,16). The molecule has 0 bridgehead atoms. The van der Waals surface area contributed by atoms with Crippen LogP contribution in [0.4, 0.5) is 0 Å². The van der Waals surface area contributed by atoms with E-state index in [1.54, 1.807) is 0 Å². The number of nitrogens with one attached hydrogen (secondary N) is 1. The zero-order valence-electron chi connectivity index (χ0n) is 10.5. The number of hydrogen-bond donors (Lipinski definition) is 2. The van der Waals surface area contributed by atoms with E-state index in [9.17, 15) is 4.79 Å². The molecular formula is C13H24N2O2. The molecule has 98 valence electrons. The second kappa shape index (κ2) is 5.83. The zero-order valence-corrected chi connectivity index (χ0v) is 10.5. The van der Waals surface area contributed by atoms with Gasteiger partial charge in [-0.15, -0.1) is 0 Å². The van der Waals surface area contributed by atoms with Gasteiger partial charge in [-0.1, -0.05) is 19.3 Å². The van der Waals surface area contributed by atoms with Crippen molar-refractivity contribution < 1.29 is 9.53 Å². The van der Waals surface area contributed by atoms with Crippen LogP contribution in [0.5, 0.6) is 0 Å². The molecule has 2 rings (SSSR count). The number of rotatable bonds is 3. The normalized spacial score (nSPS) is 28.6. The fourth-order valence-corrected chi connectivity index (χ4v) is 2.89. The van der Waals surface area contributed by atoms with Gasteiger partial charge in [-0.2, -0.15) is 0 Å². The molecule has 4 nitrogen and oxygen atoms in total. The Morgan fingerprint density at radius 3 is 2.71 bits per heavy atom. The minimum Gasteiger partial charge on any atom is -0.379 e. The van der Waals surface area contributed by atoms with E-state index in [4.69, 9.17) is 10.5 Å². The number of amides is 1. The van der Waals surface area contributed by atoms with Gasteiger partial charge in [0, 0.05) is 18.6 Å². The fourth-order valence-electron chi connectivity index (χ4n) is 2.89. The molecule has 0 radical (unpaired) electrons. The third-order valence-electron chi connectivity index (χ3n) is 3.89. The first-order chi connectivity index (χ1) is 8.18. The summed E-state index contributed by atoms with van der Waals surface area (Å²) in [6, 6.07) is 0.198. The molecule has 3 N–H and O–H groups in total. The summed E-state index contributed by atoms with van der Waals surface area (Å²) in [7, 11) is 0. The van der Waals surface area contributed by atoms with Crippen LogP contribution in [0.25, 0.3) is 0 Å². The molecule has 1 saturated heterocycles. The van der Waals surface area contributed by atoms with Crippen molar-refractivity contribution in [1.29, 1.82) is 0 Å². The van der Waals surface area contributed by atoms with Crippen LogP contribution in [0.1, 0.15) is 51.4 Å². The summed E-state index contributed by atoms with van der Waals surface area (Å²) in [4.78, 5) is 11.9. The zero-order chi connectivity index (χ0) is 12.1. The van der Waals surface area contributed by atoms with Crippen molar-refractivity contribution in [3.05, 3.63) is 0 Å². The lowest BCUT2D eigenvalue weighted by Gasteiger charge is -2.33. The summed E-state index contributed by atoms with van der Waals surface area (Å²) in [5.74, 6) is 0.102. The van der Waals surface area contributed by atoms with Crippen molar-refractivity contribution in [2.24, 2.45) is 5.73 Å². The Balaban J connectivity index is 1.75. The Morgan fingerprint density at radius 1 is 1.29 bits per heavy atom. The van der Waals surface area contributed by atoms with Gasteiger partial charge in [-0.3, -0.25) is 4.79 Å². The van der Waals surface area contributed by atoms with E-state index >= 15 is 0 Å². The molecule has 1 aliphatic carbocycles. The van der Waals surface area contributed by atoms with Gasteiger partial charge in [-0.25, -0.2) is 0 Å². The molecular weight excluding hydrogens is 216 g/mol. The van der Waals surface area contributed by atoms with Gasteiger partial charge >= 0.3 is 0 Å². The van der Waals surface area contributed by atoms with E-state index in [-0.39, 0.29) is 17.5 Å². The first-order valence-corrected chi connectivity index (χ1v) is 6.84. The molecule has 2 aliphatic rings. The Hall–Kier alpha value is -0.610. The van der Waals surface area contributed by atoms with Crippen molar-refractivity contribution in [2.75, 3.05) is 13.2 Å². The predicted octanol–water partition coefficient (Wildman–Crippen LogP) is 1.33. The van der Waals surface area contributed by atoms with E-state index in [0.29, 0.717) is 13.0 Å². The minimum atomic E-state index is -0.252. The highest BCUT2D eigenvalue weighted by Gasteiger charge is 2.30. The van der Waals surface area contributed by atoms with Crippen LogP contribution in [-0.2, 0) is 9.53 Å². The molecule has 17 heavy (non-hydrogen) atoms. The van der Waals surface area contributed by atoms with Gasteiger partial charge in [0.25, 0.3) is 0 Å². The second-order valence-electron chi connectivity index (χ2n) is 5.58. The Bertz CT molecular complexity index is 256. The molecule has 0 spiro atoms. The highest BCUT2D eigenvalue weighted by Crippen LogP contribution is 2.28. The van der Waals surface area contributed by atoms with Crippen LogP contribution in [0, 0.1) is 0 Å². The van der Waals surface area contributed by atoms with E-state index in [0.717, 1.165) is 45.1 Å². The maximum absolute atomic E-state index is 11.9. The maximum Gasteiger partial charge on any atom is 0.222 e. The number of ether oxygens (including phenoxy) is 1. The van der Waals surface area contributed by atoms with Gasteiger partial charge in [0.1, 0.15) is 0 Å². The number of carbonyl (C=O) groups excluding carboxylic acids is 1. The van der Waals surface area contributed by atoms with Gasteiger partial charge in [-0.05, 0) is 25.7 Å². The molecule has 1 unspecified atom stereocenters. The van der Waals surface area contributed by atoms with Crippen LogP contribution in [0.15, 0.2) is 0 Å². The lowest BCUT2D eigenvalue weighted by atomic mass is 9.80. The quantitative estimate of drug-likeness (QED) is 0.782. The monoisotopic (exact) mass is 240 g/mol. The first-order valence-electron chi connectivity index (χ1n) is 6.84.